The summed E-state index contributed by atoms with van der Waals surface area (Å²) in [6, 6.07) is 23.8. The molecule has 5 rings (SSSR count). The van der Waals surface area contributed by atoms with Crippen molar-refractivity contribution in [3.8, 4) is 11.3 Å². The van der Waals surface area contributed by atoms with Crippen molar-refractivity contribution in [2.75, 3.05) is 37.6 Å². The van der Waals surface area contributed by atoms with Crippen LogP contribution in [0.5, 0.6) is 0 Å². The van der Waals surface area contributed by atoms with Gasteiger partial charge >= 0.3 is 0 Å². The number of hydrogen-bond acceptors (Lipinski definition) is 5. The van der Waals surface area contributed by atoms with Gasteiger partial charge in [-0.05, 0) is 37.5 Å². The Bertz CT molecular complexity index is 1160. The van der Waals surface area contributed by atoms with Crippen LogP contribution in [0.2, 0.25) is 0 Å². The maximum atomic E-state index is 13.3. The van der Waals surface area contributed by atoms with E-state index in [4.69, 9.17) is 0 Å². The zero-order chi connectivity index (χ0) is 24.9. The van der Waals surface area contributed by atoms with E-state index in [9.17, 15) is 9.59 Å². The van der Waals surface area contributed by atoms with Crippen LogP contribution in [-0.2, 0) is 9.59 Å². The summed E-state index contributed by atoms with van der Waals surface area (Å²) in [7, 11) is 0. The molecule has 1 saturated carbocycles. The molecule has 3 aromatic rings. The number of anilines is 1. The van der Waals surface area contributed by atoms with Crippen molar-refractivity contribution in [3.05, 3.63) is 78.4 Å². The lowest BCUT2D eigenvalue weighted by atomic mass is 9.84. The van der Waals surface area contributed by atoms with Gasteiger partial charge in [0.15, 0.2) is 5.82 Å². The third-order valence-electron chi connectivity index (χ3n) is 7.47. The van der Waals surface area contributed by atoms with Crippen LogP contribution in [0.1, 0.15) is 37.8 Å². The second kappa shape index (κ2) is 10.9. The highest BCUT2D eigenvalue weighted by molar-refractivity contribution is 5.87. The molecule has 0 N–H and O–H groups in total. The van der Waals surface area contributed by atoms with Crippen LogP contribution in [0.3, 0.4) is 0 Å². The van der Waals surface area contributed by atoms with Gasteiger partial charge in [0.1, 0.15) is 6.54 Å². The number of nitrogens with zero attached hydrogens (tertiary/aromatic N) is 5. The first-order valence-electron chi connectivity index (χ1n) is 12.9. The van der Waals surface area contributed by atoms with E-state index < -0.39 is 0 Å². The van der Waals surface area contributed by atoms with Gasteiger partial charge in [0.2, 0.25) is 11.8 Å². The predicted molar refractivity (Wildman–Crippen MR) is 140 cm³/mol. The van der Waals surface area contributed by atoms with Gasteiger partial charge in [0.05, 0.1) is 11.7 Å². The Balaban J connectivity index is 1.20. The van der Waals surface area contributed by atoms with E-state index in [0.717, 1.165) is 41.9 Å². The summed E-state index contributed by atoms with van der Waals surface area (Å²) in [4.78, 5) is 32.4. The van der Waals surface area contributed by atoms with Gasteiger partial charge < -0.3 is 14.7 Å². The van der Waals surface area contributed by atoms with Gasteiger partial charge in [-0.1, -0.05) is 67.1 Å². The molecule has 7 nitrogen and oxygen atoms in total. The number of hydrogen-bond donors (Lipinski definition) is 0. The van der Waals surface area contributed by atoms with Crippen LogP contribution in [0, 0.1) is 5.92 Å². The molecule has 7 heteroatoms. The lowest BCUT2D eigenvalue weighted by Gasteiger charge is -2.39. The Labute approximate surface area is 212 Å². The fraction of sp³-hybridized carbons (Fsp3) is 0.379. The number of carbonyl (C=O) groups excluding carboxylic acids is 2. The Morgan fingerprint density at radius 1 is 0.889 bits per heavy atom. The van der Waals surface area contributed by atoms with Crippen LogP contribution in [0.25, 0.3) is 11.3 Å². The summed E-state index contributed by atoms with van der Waals surface area (Å²) in [6.07, 6.45) is 2.94. The van der Waals surface area contributed by atoms with Crippen LogP contribution in [-0.4, -0.2) is 64.5 Å². The molecule has 1 aromatic heterocycles. The zero-order valence-electron chi connectivity index (χ0n) is 20.8. The molecule has 2 heterocycles. The van der Waals surface area contributed by atoms with Crippen molar-refractivity contribution in [1.29, 1.82) is 0 Å². The molecule has 2 aliphatic rings. The van der Waals surface area contributed by atoms with E-state index in [-0.39, 0.29) is 30.3 Å². The molecule has 0 radical (unpaired) electrons. The average molecular weight is 484 g/mol. The van der Waals surface area contributed by atoms with E-state index in [0.29, 0.717) is 26.2 Å². The molecule has 0 unspecified atom stereocenters. The maximum absolute atomic E-state index is 13.3. The summed E-state index contributed by atoms with van der Waals surface area (Å²) in [6.45, 7) is 4.73. The van der Waals surface area contributed by atoms with Crippen molar-refractivity contribution in [1.82, 2.24) is 20.0 Å². The molecule has 36 heavy (non-hydrogen) atoms. The summed E-state index contributed by atoms with van der Waals surface area (Å²) in [5, 5.41) is 8.83. The molecule has 1 aliphatic carbocycles. The van der Waals surface area contributed by atoms with E-state index >= 15 is 0 Å². The maximum Gasteiger partial charge on any atom is 0.242 e. The minimum absolute atomic E-state index is 0.00983. The molecule has 2 fully saturated rings. The zero-order valence-corrected chi connectivity index (χ0v) is 20.8. The number of rotatable bonds is 7. The molecule has 2 aromatic carbocycles. The molecule has 1 aliphatic heterocycles. The molecule has 1 atom stereocenters. The lowest BCUT2D eigenvalue weighted by Crippen LogP contribution is -2.53. The number of piperazine rings is 1. The Kier molecular flexibility index (Phi) is 7.26. The van der Waals surface area contributed by atoms with Gasteiger partial charge in [-0.2, -0.15) is 0 Å². The summed E-state index contributed by atoms with van der Waals surface area (Å²) < 4.78 is 0. The van der Waals surface area contributed by atoms with Crippen LogP contribution >= 0.6 is 0 Å². The first-order valence-corrected chi connectivity index (χ1v) is 12.9. The summed E-state index contributed by atoms with van der Waals surface area (Å²) in [5.41, 5.74) is 2.94. The Morgan fingerprint density at radius 3 is 2.14 bits per heavy atom. The van der Waals surface area contributed by atoms with Gasteiger partial charge in [0, 0.05) is 37.7 Å². The van der Waals surface area contributed by atoms with Crippen molar-refractivity contribution in [2.45, 2.75) is 32.2 Å². The molecule has 1 saturated heterocycles. The number of amides is 2. The predicted octanol–water partition coefficient (Wildman–Crippen LogP) is 4.18. The largest absolute Gasteiger partial charge is 0.352 e. The second-order valence-corrected chi connectivity index (χ2v) is 9.69. The first-order chi connectivity index (χ1) is 17.6. The summed E-state index contributed by atoms with van der Waals surface area (Å²) in [5.74, 6) is 0.994. The molecule has 0 bridgehead atoms. The number of benzene rings is 2. The topological polar surface area (TPSA) is 69.6 Å². The van der Waals surface area contributed by atoms with E-state index in [1.807, 2.05) is 84.6 Å². The van der Waals surface area contributed by atoms with Gasteiger partial charge in [-0.25, -0.2) is 0 Å². The lowest BCUT2D eigenvalue weighted by molar-refractivity contribution is -0.147. The molecule has 0 spiro atoms. The molecule has 2 amide bonds. The molecule has 186 valence electrons. The highest BCUT2D eigenvalue weighted by Gasteiger charge is 2.34. The molecular weight excluding hydrogens is 450 g/mol. The highest BCUT2D eigenvalue weighted by atomic mass is 16.2. The Morgan fingerprint density at radius 2 is 1.56 bits per heavy atom. The van der Waals surface area contributed by atoms with E-state index in [1.165, 1.54) is 0 Å². The van der Waals surface area contributed by atoms with Crippen molar-refractivity contribution >= 4 is 17.6 Å². The average Bonchev–Trinajstić information content (AvgIpc) is 2.91. The van der Waals surface area contributed by atoms with Gasteiger partial charge in [-0.15, -0.1) is 10.2 Å². The van der Waals surface area contributed by atoms with Crippen LogP contribution in [0.15, 0.2) is 72.8 Å². The van der Waals surface area contributed by atoms with E-state index in [1.54, 1.807) is 4.90 Å². The minimum Gasteiger partial charge on any atom is -0.352 e. The fourth-order valence-corrected chi connectivity index (χ4v) is 4.89. The third kappa shape index (κ3) is 5.25. The Hall–Kier alpha value is -3.74. The third-order valence-corrected chi connectivity index (χ3v) is 7.47. The first kappa shape index (κ1) is 24.0. The van der Waals surface area contributed by atoms with Crippen molar-refractivity contribution < 1.29 is 9.59 Å². The van der Waals surface area contributed by atoms with E-state index in [2.05, 4.69) is 15.1 Å². The monoisotopic (exact) mass is 483 g/mol. The normalized spacial score (nSPS) is 16.8. The minimum atomic E-state index is -0.136. The second-order valence-electron chi connectivity index (χ2n) is 9.69. The van der Waals surface area contributed by atoms with Gasteiger partial charge in [0.25, 0.3) is 0 Å². The smallest absolute Gasteiger partial charge is 0.242 e. The standard InChI is InChI=1S/C29H33N5O2/c1-22(23-9-4-2-5-10-23)34(29(36)25-13-8-14-25)21-28(35)33-19-17-32(18-20-33)27-16-15-26(30-31-27)24-11-6-3-7-12-24/h2-7,9-12,15-16,22,25H,8,13-14,17-21H2,1H3/t22-/m0/s1. The van der Waals surface area contributed by atoms with Gasteiger partial charge in [-0.3, -0.25) is 9.59 Å². The van der Waals surface area contributed by atoms with Crippen LogP contribution < -0.4 is 4.90 Å². The fourth-order valence-electron chi connectivity index (χ4n) is 4.89. The highest BCUT2D eigenvalue weighted by Crippen LogP contribution is 2.32. The van der Waals surface area contributed by atoms with Crippen molar-refractivity contribution in [3.63, 3.8) is 0 Å². The number of carbonyl (C=O) groups is 2. The molecular formula is C29H33N5O2. The quantitative estimate of drug-likeness (QED) is 0.504. The summed E-state index contributed by atoms with van der Waals surface area (Å²) >= 11 is 0. The van der Waals surface area contributed by atoms with Crippen LogP contribution in [0.4, 0.5) is 5.82 Å². The SMILES string of the molecule is C[C@@H](c1ccccc1)N(CC(=O)N1CCN(c2ccc(-c3ccccc3)nn2)CC1)C(=O)C1CCC1. The number of aromatic nitrogens is 2. The van der Waals surface area contributed by atoms with Crippen molar-refractivity contribution in [2.24, 2.45) is 5.92 Å².